The Kier molecular flexibility index (Phi) is 5.98. The van der Waals surface area contributed by atoms with Crippen LogP contribution in [-0.4, -0.2) is 54.3 Å². The monoisotopic (exact) mass is 382 g/mol. The first kappa shape index (κ1) is 19.0. The summed E-state index contributed by atoms with van der Waals surface area (Å²) in [5, 5.41) is 0. The Morgan fingerprint density at radius 1 is 1.11 bits per heavy atom. The van der Waals surface area contributed by atoms with Crippen LogP contribution in [0.2, 0.25) is 0 Å². The van der Waals surface area contributed by atoms with Crippen molar-refractivity contribution < 1.29 is 9.13 Å². The molecule has 148 valence electrons. The zero-order valence-corrected chi connectivity index (χ0v) is 16.4. The van der Waals surface area contributed by atoms with E-state index in [0.717, 1.165) is 75.1 Å². The number of morpholine rings is 1. The molecule has 2 aliphatic heterocycles. The molecule has 0 unspecified atom stereocenters. The molecule has 0 N–H and O–H groups in total. The van der Waals surface area contributed by atoms with E-state index in [1.165, 1.54) is 11.6 Å². The predicted octanol–water partition coefficient (Wildman–Crippen LogP) is 3.30. The molecule has 2 aromatic rings. The summed E-state index contributed by atoms with van der Waals surface area (Å²) in [7, 11) is 0. The molecule has 0 atom stereocenters. The lowest BCUT2D eigenvalue weighted by molar-refractivity contribution is 0.122. The van der Waals surface area contributed by atoms with E-state index >= 15 is 0 Å². The number of aryl methyl sites for hydroxylation is 1. The SMILES string of the molecule is CCc1cc(N2CCOCC2)nc(C2=CCN(Cc3ccccc3F)CC2)n1. The smallest absolute Gasteiger partial charge is 0.157 e. The van der Waals surface area contributed by atoms with Crippen LogP contribution in [0.1, 0.15) is 30.4 Å². The highest BCUT2D eigenvalue weighted by atomic mass is 19.1. The van der Waals surface area contributed by atoms with Gasteiger partial charge in [0.15, 0.2) is 5.82 Å². The van der Waals surface area contributed by atoms with Gasteiger partial charge in [-0.25, -0.2) is 14.4 Å². The molecule has 0 bridgehead atoms. The van der Waals surface area contributed by atoms with Crippen molar-refractivity contribution in [1.29, 1.82) is 0 Å². The van der Waals surface area contributed by atoms with Gasteiger partial charge in [-0.15, -0.1) is 0 Å². The molecular formula is C22H27FN4O. The molecule has 0 saturated carbocycles. The van der Waals surface area contributed by atoms with Crippen molar-refractivity contribution in [1.82, 2.24) is 14.9 Å². The van der Waals surface area contributed by atoms with Crippen molar-refractivity contribution in [2.24, 2.45) is 0 Å². The minimum atomic E-state index is -0.133. The zero-order chi connectivity index (χ0) is 19.3. The minimum absolute atomic E-state index is 0.133. The van der Waals surface area contributed by atoms with Gasteiger partial charge in [0.05, 0.1) is 13.2 Å². The topological polar surface area (TPSA) is 41.5 Å². The van der Waals surface area contributed by atoms with Crippen molar-refractivity contribution in [3.05, 3.63) is 59.3 Å². The van der Waals surface area contributed by atoms with Gasteiger partial charge in [-0.05, 0) is 24.5 Å². The summed E-state index contributed by atoms with van der Waals surface area (Å²) >= 11 is 0. The van der Waals surface area contributed by atoms with E-state index in [9.17, 15) is 4.39 Å². The number of halogens is 1. The van der Waals surface area contributed by atoms with Gasteiger partial charge < -0.3 is 9.64 Å². The van der Waals surface area contributed by atoms with Gasteiger partial charge >= 0.3 is 0 Å². The molecule has 0 amide bonds. The summed E-state index contributed by atoms with van der Waals surface area (Å²) in [5.41, 5.74) is 3.01. The van der Waals surface area contributed by atoms with E-state index in [1.807, 2.05) is 12.1 Å². The summed E-state index contributed by atoms with van der Waals surface area (Å²) in [4.78, 5) is 14.2. The number of rotatable bonds is 5. The number of nitrogens with zero attached hydrogens (tertiary/aromatic N) is 4. The molecule has 4 rings (SSSR count). The van der Waals surface area contributed by atoms with Crippen molar-refractivity contribution in [3.63, 3.8) is 0 Å². The van der Waals surface area contributed by atoms with Crippen molar-refractivity contribution in [2.75, 3.05) is 44.3 Å². The number of anilines is 1. The first-order chi connectivity index (χ1) is 13.7. The van der Waals surface area contributed by atoms with Crippen molar-refractivity contribution in [2.45, 2.75) is 26.3 Å². The van der Waals surface area contributed by atoms with Gasteiger partial charge in [-0.1, -0.05) is 31.2 Å². The molecule has 6 heteroatoms. The Labute approximate surface area is 165 Å². The largest absolute Gasteiger partial charge is 0.378 e. The maximum absolute atomic E-state index is 13.9. The fourth-order valence-electron chi connectivity index (χ4n) is 3.69. The molecule has 0 aliphatic carbocycles. The number of hydrogen-bond acceptors (Lipinski definition) is 5. The summed E-state index contributed by atoms with van der Waals surface area (Å²) in [6.45, 7) is 7.65. The number of hydrogen-bond donors (Lipinski definition) is 0. The minimum Gasteiger partial charge on any atom is -0.378 e. The Morgan fingerprint density at radius 3 is 2.64 bits per heavy atom. The van der Waals surface area contributed by atoms with E-state index in [4.69, 9.17) is 14.7 Å². The molecule has 1 saturated heterocycles. The van der Waals surface area contributed by atoms with Crippen molar-refractivity contribution >= 4 is 11.4 Å². The van der Waals surface area contributed by atoms with Crippen LogP contribution in [0.3, 0.4) is 0 Å². The number of ether oxygens (including phenoxy) is 1. The van der Waals surface area contributed by atoms with Gasteiger partial charge in [-0.2, -0.15) is 0 Å². The predicted molar refractivity (Wildman–Crippen MR) is 109 cm³/mol. The van der Waals surface area contributed by atoms with Crippen molar-refractivity contribution in [3.8, 4) is 0 Å². The third-order valence-electron chi connectivity index (χ3n) is 5.40. The Bertz CT molecular complexity index is 848. The molecule has 0 radical (unpaired) electrons. The summed E-state index contributed by atoms with van der Waals surface area (Å²) in [5.74, 6) is 1.71. The molecule has 5 nitrogen and oxygen atoms in total. The molecule has 28 heavy (non-hydrogen) atoms. The highest BCUT2D eigenvalue weighted by Crippen LogP contribution is 2.24. The Balaban J connectivity index is 1.49. The van der Waals surface area contributed by atoms with Crippen LogP contribution in [0, 0.1) is 5.82 Å². The summed E-state index contributed by atoms with van der Waals surface area (Å²) < 4.78 is 19.4. The van der Waals surface area contributed by atoms with Gasteiger partial charge in [0.1, 0.15) is 11.6 Å². The number of benzene rings is 1. The quantitative estimate of drug-likeness (QED) is 0.794. The van der Waals surface area contributed by atoms with E-state index in [-0.39, 0.29) is 5.82 Å². The third-order valence-corrected chi connectivity index (χ3v) is 5.40. The van der Waals surface area contributed by atoms with Crippen LogP contribution < -0.4 is 4.90 Å². The second-order valence-electron chi connectivity index (χ2n) is 7.30. The van der Waals surface area contributed by atoms with Crippen LogP contribution in [0.4, 0.5) is 10.2 Å². The fourth-order valence-corrected chi connectivity index (χ4v) is 3.69. The zero-order valence-electron chi connectivity index (χ0n) is 16.4. The van der Waals surface area contributed by atoms with Crippen LogP contribution in [0.15, 0.2) is 36.4 Å². The first-order valence-corrected chi connectivity index (χ1v) is 10.1. The average Bonchev–Trinajstić information content (AvgIpc) is 2.76. The van der Waals surface area contributed by atoms with Gasteiger partial charge in [0.25, 0.3) is 0 Å². The van der Waals surface area contributed by atoms with Gasteiger partial charge in [0, 0.05) is 50.0 Å². The lowest BCUT2D eigenvalue weighted by Crippen LogP contribution is -2.37. The first-order valence-electron chi connectivity index (χ1n) is 10.1. The van der Waals surface area contributed by atoms with Gasteiger partial charge in [-0.3, -0.25) is 4.90 Å². The highest BCUT2D eigenvalue weighted by molar-refractivity contribution is 5.62. The molecular weight excluding hydrogens is 355 g/mol. The van der Waals surface area contributed by atoms with E-state index in [1.54, 1.807) is 6.07 Å². The maximum atomic E-state index is 13.9. The Morgan fingerprint density at radius 2 is 1.93 bits per heavy atom. The molecule has 1 fully saturated rings. The standard InChI is InChI=1S/C22H27FN4O/c1-2-19-15-21(27-11-13-28-14-12-27)25-22(24-19)17-7-9-26(10-8-17)16-18-5-3-4-6-20(18)23/h3-7,15H,2,8-14,16H2,1H3. The number of aromatic nitrogens is 2. The van der Waals surface area contributed by atoms with Crippen LogP contribution in [0.25, 0.3) is 5.57 Å². The summed E-state index contributed by atoms with van der Waals surface area (Å²) in [6.07, 6.45) is 3.96. The second kappa shape index (κ2) is 8.80. The third kappa shape index (κ3) is 4.39. The summed E-state index contributed by atoms with van der Waals surface area (Å²) in [6, 6.07) is 9.11. The molecule has 0 spiro atoms. The maximum Gasteiger partial charge on any atom is 0.157 e. The molecule has 3 heterocycles. The molecule has 2 aliphatic rings. The van der Waals surface area contributed by atoms with E-state index in [2.05, 4.69) is 28.9 Å². The highest BCUT2D eigenvalue weighted by Gasteiger charge is 2.19. The van der Waals surface area contributed by atoms with Crippen LogP contribution in [-0.2, 0) is 17.7 Å². The molecule has 1 aromatic heterocycles. The lowest BCUT2D eigenvalue weighted by Gasteiger charge is -2.29. The van der Waals surface area contributed by atoms with Crippen LogP contribution >= 0.6 is 0 Å². The lowest BCUT2D eigenvalue weighted by atomic mass is 10.1. The average molecular weight is 382 g/mol. The molecule has 1 aromatic carbocycles. The van der Waals surface area contributed by atoms with Gasteiger partial charge in [0.2, 0.25) is 0 Å². The van der Waals surface area contributed by atoms with E-state index < -0.39 is 0 Å². The normalized spacial score (nSPS) is 18.2. The van der Waals surface area contributed by atoms with E-state index in [0.29, 0.717) is 6.54 Å². The van der Waals surface area contributed by atoms with Crippen LogP contribution in [0.5, 0.6) is 0 Å². The Hall–Kier alpha value is -2.31. The fraction of sp³-hybridized carbons (Fsp3) is 0.455. The second-order valence-corrected chi connectivity index (χ2v) is 7.30.